The lowest BCUT2D eigenvalue weighted by atomic mass is 10.0. The zero-order valence-electron chi connectivity index (χ0n) is 13.5. The molecule has 1 fully saturated rings. The van der Waals surface area contributed by atoms with Gasteiger partial charge in [0.15, 0.2) is 9.84 Å². The standard InChI is InChI=1S/C18H20N2O3S/c1-13(18-7-4-8-20-18)14-9-16(12-19-11-14)23-15-5-3-6-17(10-15)24(2,21)22/h3,5-6,9-12,18,20H,1,4,7-8H2,2H3/t18-/m0/s1. The Bertz CT molecular complexity index is 856. The third kappa shape index (κ3) is 3.83. The maximum Gasteiger partial charge on any atom is 0.175 e. The number of sulfone groups is 1. The van der Waals surface area contributed by atoms with Gasteiger partial charge in [-0.15, -0.1) is 0 Å². The molecule has 0 radical (unpaired) electrons. The Morgan fingerprint density at radius 2 is 2.12 bits per heavy atom. The van der Waals surface area contributed by atoms with Crippen LogP contribution in [0.1, 0.15) is 18.4 Å². The van der Waals surface area contributed by atoms with Gasteiger partial charge in [-0.25, -0.2) is 8.42 Å². The predicted molar refractivity (Wildman–Crippen MR) is 93.9 cm³/mol. The van der Waals surface area contributed by atoms with Crippen molar-refractivity contribution in [2.24, 2.45) is 0 Å². The number of nitrogens with one attached hydrogen (secondary N) is 1. The van der Waals surface area contributed by atoms with Gasteiger partial charge in [0, 0.05) is 24.1 Å². The molecule has 3 rings (SSSR count). The smallest absolute Gasteiger partial charge is 0.175 e. The topological polar surface area (TPSA) is 68.3 Å². The highest BCUT2D eigenvalue weighted by Gasteiger charge is 2.18. The van der Waals surface area contributed by atoms with Crippen molar-refractivity contribution in [3.8, 4) is 11.5 Å². The molecular weight excluding hydrogens is 324 g/mol. The zero-order chi connectivity index (χ0) is 17.2. The molecule has 5 nitrogen and oxygen atoms in total. The summed E-state index contributed by atoms with van der Waals surface area (Å²) < 4.78 is 29.1. The number of hydrogen-bond acceptors (Lipinski definition) is 5. The molecule has 2 heterocycles. The molecule has 24 heavy (non-hydrogen) atoms. The molecule has 0 bridgehead atoms. The number of hydrogen-bond donors (Lipinski definition) is 1. The highest BCUT2D eigenvalue weighted by molar-refractivity contribution is 7.90. The number of pyridine rings is 1. The van der Waals surface area contributed by atoms with Crippen LogP contribution in [0.4, 0.5) is 0 Å². The van der Waals surface area contributed by atoms with Crippen molar-refractivity contribution in [1.29, 1.82) is 0 Å². The lowest BCUT2D eigenvalue weighted by Crippen LogP contribution is -2.22. The van der Waals surface area contributed by atoms with Crippen LogP contribution < -0.4 is 10.1 Å². The average Bonchev–Trinajstić information content (AvgIpc) is 3.08. The molecule has 1 saturated heterocycles. The maximum atomic E-state index is 11.6. The minimum Gasteiger partial charge on any atom is -0.456 e. The van der Waals surface area contributed by atoms with E-state index in [-0.39, 0.29) is 10.9 Å². The summed E-state index contributed by atoms with van der Waals surface area (Å²) in [6.45, 7) is 5.17. The lowest BCUT2D eigenvalue weighted by molar-refractivity contribution is 0.478. The highest BCUT2D eigenvalue weighted by Crippen LogP contribution is 2.28. The van der Waals surface area contributed by atoms with Crippen molar-refractivity contribution in [2.75, 3.05) is 12.8 Å². The summed E-state index contributed by atoms with van der Waals surface area (Å²) in [7, 11) is -3.27. The van der Waals surface area contributed by atoms with E-state index in [9.17, 15) is 8.42 Å². The van der Waals surface area contributed by atoms with Crippen molar-refractivity contribution >= 4 is 15.4 Å². The molecule has 1 N–H and O–H groups in total. The quantitative estimate of drug-likeness (QED) is 0.903. The Morgan fingerprint density at radius 3 is 2.83 bits per heavy atom. The van der Waals surface area contributed by atoms with Gasteiger partial charge in [-0.3, -0.25) is 4.98 Å². The molecule has 0 saturated carbocycles. The van der Waals surface area contributed by atoms with Crippen LogP contribution in [-0.4, -0.2) is 32.2 Å². The van der Waals surface area contributed by atoms with Gasteiger partial charge in [0.2, 0.25) is 0 Å². The van der Waals surface area contributed by atoms with Crippen molar-refractivity contribution in [2.45, 2.75) is 23.8 Å². The predicted octanol–water partition coefficient (Wildman–Crippen LogP) is 3.04. The summed E-state index contributed by atoms with van der Waals surface area (Å²) in [4.78, 5) is 4.44. The molecular formula is C18H20N2O3S. The van der Waals surface area contributed by atoms with Crippen LogP contribution in [0.2, 0.25) is 0 Å². The Labute approximate surface area is 142 Å². The van der Waals surface area contributed by atoms with E-state index in [2.05, 4.69) is 16.9 Å². The molecule has 0 spiro atoms. The monoisotopic (exact) mass is 344 g/mol. The van der Waals surface area contributed by atoms with Gasteiger partial charge in [0.1, 0.15) is 11.5 Å². The number of benzene rings is 1. The average molecular weight is 344 g/mol. The van der Waals surface area contributed by atoms with Gasteiger partial charge < -0.3 is 10.1 Å². The van der Waals surface area contributed by atoms with Crippen molar-refractivity contribution < 1.29 is 13.2 Å². The third-order valence-corrected chi connectivity index (χ3v) is 5.14. The molecule has 1 aromatic heterocycles. The highest BCUT2D eigenvalue weighted by atomic mass is 32.2. The summed E-state index contributed by atoms with van der Waals surface area (Å²) in [6.07, 6.45) is 6.76. The van der Waals surface area contributed by atoms with E-state index in [4.69, 9.17) is 4.74 Å². The lowest BCUT2D eigenvalue weighted by Gasteiger charge is -2.15. The van der Waals surface area contributed by atoms with Crippen molar-refractivity contribution in [3.63, 3.8) is 0 Å². The maximum absolute atomic E-state index is 11.6. The van der Waals surface area contributed by atoms with Crippen LogP contribution in [0, 0.1) is 0 Å². The van der Waals surface area contributed by atoms with Crippen LogP contribution >= 0.6 is 0 Å². The van der Waals surface area contributed by atoms with E-state index in [1.165, 1.54) is 12.3 Å². The van der Waals surface area contributed by atoms with E-state index in [0.29, 0.717) is 11.5 Å². The Balaban J connectivity index is 1.81. The molecule has 1 aromatic carbocycles. The fraction of sp³-hybridized carbons (Fsp3) is 0.278. The first-order valence-corrected chi connectivity index (χ1v) is 9.68. The third-order valence-electron chi connectivity index (χ3n) is 4.03. The molecule has 0 unspecified atom stereocenters. The molecule has 1 atom stereocenters. The van der Waals surface area contributed by atoms with Gasteiger partial charge in [-0.1, -0.05) is 12.6 Å². The Kier molecular flexibility index (Phi) is 4.69. The fourth-order valence-corrected chi connectivity index (χ4v) is 3.39. The van der Waals surface area contributed by atoms with Gasteiger partial charge in [-0.2, -0.15) is 0 Å². The first-order chi connectivity index (χ1) is 11.4. The van der Waals surface area contributed by atoms with E-state index in [0.717, 1.165) is 30.5 Å². The van der Waals surface area contributed by atoms with Crippen LogP contribution in [-0.2, 0) is 9.84 Å². The number of rotatable bonds is 5. The summed E-state index contributed by atoms with van der Waals surface area (Å²) >= 11 is 0. The molecule has 126 valence electrons. The first-order valence-electron chi connectivity index (χ1n) is 7.79. The summed E-state index contributed by atoms with van der Waals surface area (Å²) in [5.41, 5.74) is 1.92. The zero-order valence-corrected chi connectivity index (χ0v) is 14.3. The fourth-order valence-electron chi connectivity index (χ4n) is 2.74. The van der Waals surface area contributed by atoms with E-state index in [1.807, 2.05) is 6.07 Å². The van der Waals surface area contributed by atoms with Crippen LogP contribution in [0.5, 0.6) is 11.5 Å². The van der Waals surface area contributed by atoms with Gasteiger partial charge in [-0.05, 0) is 49.2 Å². The minimum atomic E-state index is -3.27. The largest absolute Gasteiger partial charge is 0.456 e. The van der Waals surface area contributed by atoms with E-state index < -0.39 is 9.84 Å². The summed E-state index contributed by atoms with van der Waals surface area (Å²) in [5.74, 6) is 1.01. The minimum absolute atomic E-state index is 0.226. The van der Waals surface area contributed by atoms with Crippen LogP contribution in [0.25, 0.3) is 5.57 Å². The molecule has 2 aromatic rings. The van der Waals surface area contributed by atoms with Crippen molar-refractivity contribution in [1.82, 2.24) is 10.3 Å². The van der Waals surface area contributed by atoms with Crippen molar-refractivity contribution in [3.05, 3.63) is 54.9 Å². The molecule has 1 aliphatic rings. The number of ether oxygens (including phenoxy) is 1. The van der Waals surface area contributed by atoms with E-state index >= 15 is 0 Å². The number of nitrogens with zero attached hydrogens (tertiary/aromatic N) is 1. The second-order valence-corrected chi connectivity index (χ2v) is 7.95. The van der Waals surface area contributed by atoms with E-state index in [1.54, 1.807) is 30.6 Å². The summed E-state index contributed by atoms with van der Waals surface area (Å²) in [5, 5.41) is 3.41. The SMILES string of the molecule is C=C(c1cncc(Oc2cccc(S(C)(=O)=O)c2)c1)[C@@H]1CCCN1. The van der Waals surface area contributed by atoms with Gasteiger partial charge >= 0.3 is 0 Å². The number of aromatic nitrogens is 1. The molecule has 1 aliphatic heterocycles. The van der Waals surface area contributed by atoms with Gasteiger partial charge in [0.05, 0.1) is 11.1 Å². The van der Waals surface area contributed by atoms with Crippen LogP contribution in [0.15, 0.2) is 54.2 Å². The summed E-state index contributed by atoms with van der Waals surface area (Å²) in [6, 6.07) is 8.58. The molecule has 0 amide bonds. The first kappa shape index (κ1) is 16.7. The normalized spacial score (nSPS) is 17.6. The second-order valence-electron chi connectivity index (χ2n) is 5.93. The Hall–Kier alpha value is -2.18. The van der Waals surface area contributed by atoms with Gasteiger partial charge in [0.25, 0.3) is 0 Å². The molecule has 6 heteroatoms. The second kappa shape index (κ2) is 6.75. The van der Waals surface area contributed by atoms with Crippen LogP contribution in [0.3, 0.4) is 0 Å². The Morgan fingerprint density at radius 1 is 1.29 bits per heavy atom. The molecule has 0 aliphatic carbocycles.